The molecule has 2 rings (SSSR count). The van der Waals surface area contributed by atoms with Crippen LogP contribution in [0.1, 0.15) is 94.9 Å². The monoisotopic (exact) mass is 364 g/mol. The molecule has 2 aromatic carbocycles. The van der Waals surface area contributed by atoms with Crippen molar-refractivity contribution in [2.75, 3.05) is 0 Å². The highest BCUT2D eigenvalue weighted by Gasteiger charge is 2.12. The van der Waals surface area contributed by atoms with Gasteiger partial charge in [-0.05, 0) is 71.9 Å². The summed E-state index contributed by atoms with van der Waals surface area (Å²) in [6, 6.07) is 14.3. The van der Waals surface area contributed by atoms with E-state index in [0.717, 1.165) is 0 Å². The minimum absolute atomic E-state index is 1.20. The third-order valence-electron chi connectivity index (χ3n) is 5.66. The van der Waals surface area contributed by atoms with Crippen LogP contribution in [0.25, 0.3) is 11.1 Å². The first-order valence-electron chi connectivity index (χ1n) is 11.5. The van der Waals surface area contributed by atoms with Crippen LogP contribution in [-0.4, -0.2) is 0 Å². The van der Waals surface area contributed by atoms with Crippen LogP contribution in [0.5, 0.6) is 0 Å². The van der Waals surface area contributed by atoms with E-state index in [1.54, 1.807) is 22.3 Å². The molecule has 2 aromatic rings. The zero-order valence-electron chi connectivity index (χ0n) is 18.2. The molecule has 0 N–H and O–H groups in total. The molecule has 0 heterocycles. The molecule has 0 nitrogen and oxygen atoms in total. The maximum Gasteiger partial charge on any atom is -0.0149 e. The van der Waals surface area contributed by atoms with E-state index < -0.39 is 0 Å². The Hall–Kier alpha value is -1.56. The summed E-state index contributed by atoms with van der Waals surface area (Å²) in [5, 5.41) is 0. The van der Waals surface area contributed by atoms with Gasteiger partial charge in [0.25, 0.3) is 0 Å². The molecule has 0 spiro atoms. The van der Waals surface area contributed by atoms with Crippen LogP contribution in [0, 0.1) is 0 Å². The summed E-state index contributed by atoms with van der Waals surface area (Å²) < 4.78 is 0. The fourth-order valence-corrected chi connectivity index (χ4v) is 4.16. The average Bonchev–Trinajstić information content (AvgIpc) is 2.69. The van der Waals surface area contributed by atoms with Crippen molar-refractivity contribution in [3.05, 3.63) is 58.7 Å². The van der Waals surface area contributed by atoms with Crippen LogP contribution in [0.2, 0.25) is 0 Å². The molecule has 0 aliphatic heterocycles. The molecule has 0 saturated carbocycles. The number of hydrogen-bond acceptors (Lipinski definition) is 0. The van der Waals surface area contributed by atoms with E-state index >= 15 is 0 Å². The lowest BCUT2D eigenvalue weighted by atomic mass is 9.87. The second-order valence-corrected chi connectivity index (χ2v) is 7.99. The summed E-state index contributed by atoms with van der Waals surface area (Å²) in [7, 11) is 0. The van der Waals surface area contributed by atoms with Crippen LogP contribution in [0.4, 0.5) is 0 Å². The zero-order valence-corrected chi connectivity index (χ0v) is 18.2. The number of hydrogen-bond donors (Lipinski definition) is 0. The van der Waals surface area contributed by atoms with E-state index in [1.807, 2.05) is 0 Å². The Labute approximate surface area is 168 Å². The second-order valence-electron chi connectivity index (χ2n) is 7.99. The van der Waals surface area contributed by atoms with E-state index in [1.165, 1.54) is 81.8 Å². The van der Waals surface area contributed by atoms with Gasteiger partial charge in [0.15, 0.2) is 0 Å². The van der Waals surface area contributed by atoms with Gasteiger partial charge in [-0.3, -0.25) is 0 Å². The maximum absolute atomic E-state index is 2.50. The van der Waals surface area contributed by atoms with Crippen molar-refractivity contribution in [1.29, 1.82) is 0 Å². The van der Waals surface area contributed by atoms with Crippen molar-refractivity contribution >= 4 is 0 Å². The van der Waals surface area contributed by atoms with Gasteiger partial charge in [0.1, 0.15) is 0 Å². The molecule has 0 aromatic heterocycles. The molecule has 0 aliphatic rings. The van der Waals surface area contributed by atoms with Crippen molar-refractivity contribution in [3.8, 4) is 11.1 Å². The Morgan fingerprint density at radius 2 is 1.30 bits per heavy atom. The van der Waals surface area contributed by atoms with E-state index in [4.69, 9.17) is 0 Å². The SMILES string of the molecule is CCCCCc1c(CCCC)cccc1-c1ccc(CCC)c(CCC)c1. The molecular weight excluding hydrogens is 324 g/mol. The average molecular weight is 365 g/mol. The van der Waals surface area contributed by atoms with Crippen LogP contribution in [-0.2, 0) is 25.7 Å². The summed E-state index contributed by atoms with van der Waals surface area (Å²) in [4.78, 5) is 0. The Morgan fingerprint density at radius 1 is 0.556 bits per heavy atom. The van der Waals surface area contributed by atoms with Gasteiger partial charge in [0, 0.05) is 0 Å². The third-order valence-corrected chi connectivity index (χ3v) is 5.66. The topological polar surface area (TPSA) is 0 Å². The molecule has 0 heteroatoms. The molecule has 148 valence electrons. The van der Waals surface area contributed by atoms with Crippen molar-refractivity contribution in [3.63, 3.8) is 0 Å². The minimum atomic E-state index is 1.20. The molecule has 0 unspecified atom stereocenters. The Morgan fingerprint density at radius 3 is 2.00 bits per heavy atom. The number of benzene rings is 2. The number of aryl methyl sites for hydroxylation is 3. The molecule has 0 radical (unpaired) electrons. The predicted molar refractivity (Wildman–Crippen MR) is 122 cm³/mol. The molecule has 0 aliphatic carbocycles. The van der Waals surface area contributed by atoms with Crippen LogP contribution < -0.4 is 0 Å². The highest BCUT2D eigenvalue weighted by Crippen LogP contribution is 2.31. The molecule has 0 atom stereocenters. The standard InChI is InChI=1S/C27H40/c1-5-9-11-17-26-23(15-10-6-2)16-12-18-27(26)25-20-19-22(13-7-3)24(21-25)14-8-4/h12,16,18-21H,5-11,13-15,17H2,1-4H3. The van der Waals surface area contributed by atoms with Crippen LogP contribution in [0.3, 0.4) is 0 Å². The maximum atomic E-state index is 2.50. The van der Waals surface area contributed by atoms with E-state index in [9.17, 15) is 0 Å². The number of unbranched alkanes of at least 4 members (excludes halogenated alkanes) is 3. The lowest BCUT2D eigenvalue weighted by Gasteiger charge is -2.17. The lowest BCUT2D eigenvalue weighted by Crippen LogP contribution is -2.00. The zero-order chi connectivity index (χ0) is 19.5. The van der Waals surface area contributed by atoms with Gasteiger partial charge in [0.2, 0.25) is 0 Å². The number of rotatable bonds is 12. The third kappa shape index (κ3) is 6.23. The first-order valence-corrected chi connectivity index (χ1v) is 11.5. The summed E-state index contributed by atoms with van der Waals surface area (Å²) in [6.45, 7) is 9.17. The van der Waals surface area contributed by atoms with Gasteiger partial charge in [0.05, 0.1) is 0 Å². The van der Waals surface area contributed by atoms with Gasteiger partial charge < -0.3 is 0 Å². The summed E-state index contributed by atoms with van der Waals surface area (Å²) in [5.41, 5.74) is 9.24. The molecule has 0 amide bonds. The van der Waals surface area contributed by atoms with Gasteiger partial charge in [-0.15, -0.1) is 0 Å². The van der Waals surface area contributed by atoms with Gasteiger partial charge in [-0.2, -0.15) is 0 Å². The quantitative estimate of drug-likeness (QED) is 0.332. The van der Waals surface area contributed by atoms with Gasteiger partial charge in [-0.1, -0.05) is 96.2 Å². The van der Waals surface area contributed by atoms with E-state index in [0.29, 0.717) is 0 Å². The second kappa shape index (κ2) is 12.0. The van der Waals surface area contributed by atoms with Gasteiger partial charge >= 0.3 is 0 Å². The van der Waals surface area contributed by atoms with Crippen molar-refractivity contribution in [2.45, 2.75) is 98.3 Å². The predicted octanol–water partition coefficient (Wildman–Crippen LogP) is 8.33. The molecule has 0 saturated heterocycles. The smallest absolute Gasteiger partial charge is 0.0149 e. The summed E-state index contributed by atoms with van der Waals surface area (Å²) in [6.07, 6.45) is 13.8. The Bertz CT molecular complexity index is 680. The van der Waals surface area contributed by atoms with Crippen LogP contribution >= 0.6 is 0 Å². The van der Waals surface area contributed by atoms with Crippen molar-refractivity contribution in [2.24, 2.45) is 0 Å². The van der Waals surface area contributed by atoms with Crippen molar-refractivity contribution < 1.29 is 0 Å². The molecule has 0 bridgehead atoms. The fraction of sp³-hybridized carbons (Fsp3) is 0.556. The normalized spacial score (nSPS) is 11.1. The largest absolute Gasteiger partial charge is 0.0654 e. The lowest BCUT2D eigenvalue weighted by molar-refractivity contribution is 0.708. The highest BCUT2D eigenvalue weighted by molar-refractivity contribution is 5.70. The Kier molecular flexibility index (Phi) is 9.67. The molecular formula is C27H40. The van der Waals surface area contributed by atoms with Crippen molar-refractivity contribution in [1.82, 2.24) is 0 Å². The first-order chi connectivity index (χ1) is 13.2. The van der Waals surface area contributed by atoms with E-state index in [2.05, 4.69) is 64.1 Å². The van der Waals surface area contributed by atoms with E-state index in [-0.39, 0.29) is 0 Å². The van der Waals surface area contributed by atoms with Crippen LogP contribution in [0.15, 0.2) is 36.4 Å². The minimum Gasteiger partial charge on any atom is -0.0654 e. The Balaban J connectivity index is 2.44. The van der Waals surface area contributed by atoms with Gasteiger partial charge in [-0.25, -0.2) is 0 Å². The highest BCUT2D eigenvalue weighted by atomic mass is 14.2. The summed E-state index contributed by atoms with van der Waals surface area (Å²) >= 11 is 0. The molecule has 0 fully saturated rings. The fourth-order valence-electron chi connectivity index (χ4n) is 4.16. The summed E-state index contributed by atoms with van der Waals surface area (Å²) in [5.74, 6) is 0. The first kappa shape index (κ1) is 21.7. The molecule has 27 heavy (non-hydrogen) atoms.